The Bertz CT molecular complexity index is 854. The molecule has 0 N–H and O–H groups in total. The van der Waals surface area contributed by atoms with Gasteiger partial charge in [-0.25, -0.2) is 0 Å². The smallest absolute Gasteiger partial charge is 3.00 e. The molecule has 0 saturated heterocycles. The summed E-state index contributed by atoms with van der Waals surface area (Å²) in [5, 5.41) is 0. The Hall–Kier alpha value is 3.01. The summed E-state index contributed by atoms with van der Waals surface area (Å²) in [6.45, 7) is 0. The number of rotatable bonds is 6. The molecule has 0 aliphatic carbocycles. The number of hydrogen-bond acceptors (Lipinski definition) is 21. The van der Waals surface area contributed by atoms with Gasteiger partial charge in [-0.2, -0.15) is 0 Å². The fourth-order valence-electron chi connectivity index (χ4n) is 0.306. The van der Waals surface area contributed by atoms with Gasteiger partial charge in [0.1, 0.15) is 0 Å². The van der Waals surface area contributed by atoms with E-state index < -0.39 is 81.7 Å². The van der Waals surface area contributed by atoms with Crippen molar-refractivity contribution in [2.45, 2.75) is 0 Å². The normalized spacial score (nSPS) is 12.6. The van der Waals surface area contributed by atoms with Crippen LogP contribution in [0.25, 0.3) is 0 Å². The molecule has 0 radical (unpaired) electrons. The van der Waals surface area contributed by atoms with Crippen LogP contribution in [-0.2, 0) is 136 Å². The van der Waals surface area contributed by atoms with Crippen LogP contribution in [0, 0.1) is 77.2 Å². The van der Waals surface area contributed by atoms with Gasteiger partial charge in [0.05, 0.1) is 0 Å². The van der Waals surface area contributed by atoms with Crippen LogP contribution >= 0.6 is 0 Å². The van der Waals surface area contributed by atoms with Gasteiger partial charge in [0, 0.05) is 0 Å². The number of hydrogen-bond donors (Lipinski definition) is 0. The molecule has 0 aliphatic rings. The maximum atomic E-state index is 9.38. The Morgan fingerprint density at radius 1 is 0.310 bits per heavy atom. The van der Waals surface area contributed by atoms with Crippen LogP contribution < -0.4 is 24.9 Å². The van der Waals surface area contributed by atoms with Gasteiger partial charge in [-0.3, -0.25) is 0 Å². The summed E-state index contributed by atoms with van der Waals surface area (Å²) < 4.78 is 177. The van der Waals surface area contributed by atoms with Gasteiger partial charge in [0.15, 0.2) is 0 Å². The summed E-state index contributed by atoms with van der Waals surface area (Å²) in [4.78, 5) is 0. The second-order valence-corrected chi connectivity index (χ2v) is 13.6. The largest absolute Gasteiger partial charge is 3.00 e. The second-order valence-electron chi connectivity index (χ2n) is 2.65. The van der Waals surface area contributed by atoms with Crippen LogP contribution in [0.2, 0.25) is 0 Å². The third-order valence-electron chi connectivity index (χ3n) is 0.500. The fraction of sp³-hybridized carbons (Fsp3) is 0. The van der Waals surface area contributed by atoms with Gasteiger partial charge >= 0.3 is 238 Å². The molecule has 0 aliphatic heterocycles. The van der Waals surface area contributed by atoms with Gasteiger partial charge in [0.25, 0.3) is 0 Å². The molecular weight excluding hydrogens is 966 g/mol. The predicted octanol–water partition coefficient (Wildman–Crippen LogP) is -8.78. The first-order valence-electron chi connectivity index (χ1n) is 4.00. The summed E-state index contributed by atoms with van der Waals surface area (Å²) in [6.07, 6.45) is 0. The predicted molar refractivity (Wildman–Crippen MR) is 11.5 cm³/mol. The quantitative estimate of drug-likeness (QED) is 0.238. The molecule has 0 aromatic heterocycles. The fourth-order valence-corrected chi connectivity index (χ4v) is 5.21. The van der Waals surface area contributed by atoms with E-state index in [4.69, 9.17) is 0 Å². The zero-order valence-electron chi connectivity index (χ0n) is 11.7. The molecule has 0 saturated carbocycles. The van der Waals surface area contributed by atoms with Crippen molar-refractivity contribution in [2.75, 3.05) is 0 Å². The van der Waals surface area contributed by atoms with Crippen LogP contribution in [0.3, 0.4) is 0 Å². The molecule has 0 heterocycles. The van der Waals surface area contributed by atoms with Gasteiger partial charge < -0.3 is 0 Å². The molecular formula is Cr6O21Tb2. The van der Waals surface area contributed by atoms with E-state index in [1.165, 1.54) is 0 Å². The van der Waals surface area contributed by atoms with Gasteiger partial charge in [-0.15, -0.1) is 0 Å². The van der Waals surface area contributed by atoms with E-state index >= 15 is 0 Å². The molecule has 0 aromatic carbocycles. The molecule has 0 amide bonds. The van der Waals surface area contributed by atoms with E-state index in [9.17, 15) is 70.6 Å². The first kappa shape index (κ1) is 42.2. The summed E-state index contributed by atoms with van der Waals surface area (Å²) in [7, 11) is 0. The molecule has 0 bridgehead atoms. The Balaban J connectivity index is -0.0000000960. The van der Waals surface area contributed by atoms with Crippen molar-refractivity contribution < 1.29 is 238 Å². The minimum Gasteiger partial charge on any atom is 3.00 e. The molecule has 0 fully saturated rings. The van der Waals surface area contributed by atoms with E-state index in [-0.39, 0.29) is 77.2 Å². The van der Waals surface area contributed by atoms with E-state index in [1.54, 1.807) is 0 Å². The van der Waals surface area contributed by atoms with Crippen molar-refractivity contribution in [3.8, 4) is 0 Å². The molecule has 0 atom stereocenters. The Kier molecular flexibility index (Phi) is 23.0. The molecule has 0 rings (SSSR count). The van der Waals surface area contributed by atoms with Crippen LogP contribution in [0.15, 0.2) is 0 Å². The first-order valence-corrected chi connectivity index (χ1v) is 16.5. The van der Waals surface area contributed by atoms with Crippen LogP contribution in [0.5, 0.6) is 0 Å². The van der Waals surface area contributed by atoms with Crippen LogP contribution in [-0.4, -0.2) is 0 Å². The zero-order chi connectivity index (χ0) is 23.1. The molecule has 21 nitrogen and oxygen atoms in total. The van der Waals surface area contributed by atoms with E-state index in [2.05, 4.69) is 8.52 Å². The molecule has 0 unspecified atom stereocenters. The summed E-state index contributed by atoms with van der Waals surface area (Å²) >= 11 is -36.4. The van der Waals surface area contributed by atoms with Gasteiger partial charge in [-0.05, 0) is 0 Å². The Labute approximate surface area is 233 Å². The van der Waals surface area contributed by atoms with Crippen molar-refractivity contribution in [3.05, 3.63) is 0 Å². The van der Waals surface area contributed by atoms with Crippen LogP contribution in [0.4, 0.5) is 0 Å². The monoisotopic (exact) mass is 965 g/mol. The molecule has 29 heteroatoms. The topological polar surface area (TPSA) is 371 Å². The summed E-state index contributed by atoms with van der Waals surface area (Å²) in [5.41, 5.74) is 0. The van der Waals surface area contributed by atoms with E-state index in [0.717, 1.165) is 0 Å². The zero-order valence-corrected chi connectivity index (χ0v) is 23.6. The maximum absolute atomic E-state index is 9.38. The molecule has 0 aromatic rings. The van der Waals surface area contributed by atoms with Crippen molar-refractivity contribution >= 4 is 0 Å². The Morgan fingerprint density at radius 2 is 0.379 bits per heavy atom. The van der Waals surface area contributed by atoms with Gasteiger partial charge in [-0.1, -0.05) is 0 Å². The van der Waals surface area contributed by atoms with Crippen molar-refractivity contribution in [3.63, 3.8) is 0 Å². The standard InChI is InChI=1S/6Cr.21O.2Tb/q;;;;;;;;;;;;;;;;;;;;;6*-1;2*+3. The molecule has 180 valence electrons. The van der Waals surface area contributed by atoms with Crippen molar-refractivity contribution in [1.29, 1.82) is 0 Å². The Morgan fingerprint density at radius 3 is 0.379 bits per heavy atom. The molecule has 29 heavy (non-hydrogen) atoms. The van der Waals surface area contributed by atoms with Gasteiger partial charge in [0.2, 0.25) is 0 Å². The molecule has 0 spiro atoms. The third kappa shape index (κ3) is 59.1. The van der Waals surface area contributed by atoms with Crippen molar-refractivity contribution in [1.82, 2.24) is 0 Å². The maximum Gasteiger partial charge on any atom is 3.00 e. The average molecular weight is 966 g/mol. The third-order valence-corrected chi connectivity index (χ3v) is 8.50. The second kappa shape index (κ2) is 15.8. The SMILES string of the molecule is [O]=[Cr](=[O])([O-])[O][Cr](=[O])(=[O])[O-].[O]=[Cr](=[O])([O-])[O][Cr](=[O])(=[O])[O-].[O]=[Cr](=[O])([O-])[O][Cr](=[O])(=[O])[O-].[Tb+3].[Tb+3]. The first-order chi connectivity index (χ1) is 11.1. The van der Waals surface area contributed by atoms with Crippen molar-refractivity contribution in [2.24, 2.45) is 0 Å². The van der Waals surface area contributed by atoms with E-state index in [1.807, 2.05) is 0 Å². The van der Waals surface area contributed by atoms with E-state index in [0.29, 0.717) is 0 Å². The minimum absolute atomic E-state index is 0. The average Bonchev–Trinajstić information content (AvgIpc) is 1.96. The summed E-state index contributed by atoms with van der Waals surface area (Å²) in [5.74, 6) is 0. The van der Waals surface area contributed by atoms with Crippen LogP contribution in [0.1, 0.15) is 0 Å². The summed E-state index contributed by atoms with van der Waals surface area (Å²) in [6, 6.07) is 0. The minimum atomic E-state index is -6.07.